The maximum atomic E-state index is 12.3. The zero-order valence-corrected chi connectivity index (χ0v) is 11.6. The first-order valence-electron chi connectivity index (χ1n) is 6.05. The zero-order chi connectivity index (χ0) is 14.7. The van der Waals surface area contributed by atoms with Crippen LogP contribution in [0, 0.1) is 0 Å². The molecule has 2 aromatic heterocycles. The third kappa shape index (κ3) is 2.75. The molecule has 0 aliphatic heterocycles. The summed E-state index contributed by atoms with van der Waals surface area (Å²) in [5, 5.41) is 3.96. The van der Waals surface area contributed by atoms with Crippen molar-refractivity contribution in [3.8, 4) is 5.82 Å². The van der Waals surface area contributed by atoms with Crippen LogP contribution >= 0.6 is 0 Å². The van der Waals surface area contributed by atoms with Crippen LogP contribution in [-0.4, -0.2) is 28.2 Å². The lowest BCUT2D eigenvalue weighted by Crippen LogP contribution is -2.15. The third-order valence-corrected chi connectivity index (χ3v) is 4.10. The van der Waals surface area contributed by atoms with Gasteiger partial charge in [0.25, 0.3) is 10.0 Å². The Labute approximate surface area is 121 Å². The normalized spacial score (nSPS) is 11.2. The van der Waals surface area contributed by atoms with E-state index in [9.17, 15) is 8.42 Å². The van der Waals surface area contributed by atoms with Crippen molar-refractivity contribution in [3.05, 3.63) is 61.3 Å². The number of benzene rings is 1. The lowest BCUT2D eigenvalue weighted by molar-refractivity contribution is 0.601. The summed E-state index contributed by atoms with van der Waals surface area (Å²) < 4.78 is 28.6. The molecule has 0 saturated heterocycles. The molecule has 7 nitrogen and oxygen atoms in total. The van der Waals surface area contributed by atoms with Gasteiger partial charge in [0.1, 0.15) is 12.7 Å². The molecule has 0 spiro atoms. The molecular weight excluding hydrogens is 290 g/mol. The molecular formula is C13H11N5O2S. The van der Waals surface area contributed by atoms with E-state index in [1.54, 1.807) is 36.5 Å². The molecule has 3 rings (SSSR count). The summed E-state index contributed by atoms with van der Waals surface area (Å²) >= 11 is 0. The maximum absolute atomic E-state index is 12.3. The molecule has 3 aromatic rings. The molecule has 0 saturated carbocycles. The van der Waals surface area contributed by atoms with E-state index in [4.69, 9.17) is 0 Å². The monoisotopic (exact) mass is 301 g/mol. The molecule has 0 radical (unpaired) electrons. The van der Waals surface area contributed by atoms with Gasteiger partial charge in [-0.15, -0.1) is 0 Å². The Morgan fingerprint density at radius 2 is 1.86 bits per heavy atom. The molecule has 0 unspecified atom stereocenters. The van der Waals surface area contributed by atoms with Crippen molar-refractivity contribution in [2.45, 2.75) is 4.90 Å². The predicted octanol–water partition coefficient (Wildman–Crippen LogP) is 1.46. The van der Waals surface area contributed by atoms with Crippen LogP contribution in [0.25, 0.3) is 5.82 Å². The van der Waals surface area contributed by atoms with Gasteiger partial charge in [-0.3, -0.25) is 4.72 Å². The standard InChI is InChI=1S/C13H11N5O2S/c19-21(20,11-5-2-1-3-6-11)17-12-7-4-8-15-13(12)18-10-14-9-16-18/h1-10,17H. The molecule has 106 valence electrons. The first-order valence-corrected chi connectivity index (χ1v) is 7.53. The lowest BCUT2D eigenvalue weighted by Gasteiger charge is -2.11. The number of nitrogens with one attached hydrogen (secondary N) is 1. The maximum Gasteiger partial charge on any atom is 0.262 e. The van der Waals surface area contributed by atoms with Gasteiger partial charge in [0.05, 0.1) is 10.6 Å². The first-order chi connectivity index (χ1) is 10.2. The van der Waals surface area contributed by atoms with Crippen LogP contribution in [0.15, 0.2) is 66.2 Å². The van der Waals surface area contributed by atoms with Crippen LogP contribution in [-0.2, 0) is 10.0 Å². The van der Waals surface area contributed by atoms with Crippen molar-refractivity contribution in [1.29, 1.82) is 0 Å². The van der Waals surface area contributed by atoms with Crippen molar-refractivity contribution < 1.29 is 8.42 Å². The second kappa shape index (κ2) is 5.33. The SMILES string of the molecule is O=S(=O)(Nc1cccnc1-n1cncn1)c1ccccc1. The molecule has 0 aliphatic carbocycles. The summed E-state index contributed by atoms with van der Waals surface area (Å²) in [6.07, 6.45) is 4.35. The fourth-order valence-electron chi connectivity index (χ4n) is 1.78. The molecule has 0 amide bonds. The Morgan fingerprint density at radius 3 is 2.57 bits per heavy atom. The summed E-state index contributed by atoms with van der Waals surface area (Å²) in [6.45, 7) is 0. The van der Waals surface area contributed by atoms with E-state index in [1.165, 1.54) is 29.5 Å². The van der Waals surface area contributed by atoms with Crippen molar-refractivity contribution in [2.24, 2.45) is 0 Å². The van der Waals surface area contributed by atoms with E-state index in [-0.39, 0.29) is 4.90 Å². The Kier molecular flexibility index (Phi) is 3.36. The van der Waals surface area contributed by atoms with Crippen molar-refractivity contribution >= 4 is 15.7 Å². The Balaban J connectivity index is 2.00. The van der Waals surface area contributed by atoms with E-state index >= 15 is 0 Å². The minimum absolute atomic E-state index is 0.179. The van der Waals surface area contributed by atoms with Gasteiger partial charge in [0.2, 0.25) is 0 Å². The number of nitrogens with zero attached hydrogens (tertiary/aromatic N) is 4. The third-order valence-electron chi connectivity index (χ3n) is 2.72. The summed E-state index contributed by atoms with van der Waals surface area (Å²) in [4.78, 5) is 8.14. The second-order valence-corrected chi connectivity index (χ2v) is 5.82. The fourth-order valence-corrected chi connectivity index (χ4v) is 2.86. The Bertz CT molecular complexity index is 832. The van der Waals surface area contributed by atoms with Gasteiger partial charge in [-0.05, 0) is 24.3 Å². The number of pyridine rings is 1. The van der Waals surface area contributed by atoms with Crippen LogP contribution in [0.4, 0.5) is 5.69 Å². The highest BCUT2D eigenvalue weighted by atomic mass is 32.2. The van der Waals surface area contributed by atoms with Gasteiger partial charge in [0.15, 0.2) is 5.82 Å². The summed E-state index contributed by atoms with van der Waals surface area (Å²) in [5.74, 6) is 0.356. The first kappa shape index (κ1) is 13.3. The number of rotatable bonds is 4. The molecule has 8 heteroatoms. The number of aromatic nitrogens is 4. The molecule has 1 aromatic carbocycles. The average molecular weight is 301 g/mol. The molecule has 2 heterocycles. The van der Waals surface area contributed by atoms with Crippen LogP contribution in [0.2, 0.25) is 0 Å². The fraction of sp³-hybridized carbons (Fsp3) is 0. The number of anilines is 1. The van der Waals surface area contributed by atoms with E-state index in [0.29, 0.717) is 11.5 Å². The van der Waals surface area contributed by atoms with E-state index in [0.717, 1.165) is 0 Å². The van der Waals surface area contributed by atoms with Gasteiger partial charge >= 0.3 is 0 Å². The minimum atomic E-state index is -3.68. The Hall–Kier alpha value is -2.74. The molecule has 0 aliphatic rings. The van der Waals surface area contributed by atoms with Crippen LogP contribution < -0.4 is 4.72 Å². The van der Waals surface area contributed by atoms with E-state index < -0.39 is 10.0 Å². The molecule has 0 fully saturated rings. The van der Waals surface area contributed by atoms with Crippen molar-refractivity contribution in [1.82, 2.24) is 19.7 Å². The van der Waals surface area contributed by atoms with Crippen LogP contribution in [0.5, 0.6) is 0 Å². The number of sulfonamides is 1. The van der Waals surface area contributed by atoms with Gasteiger partial charge in [-0.1, -0.05) is 18.2 Å². The Morgan fingerprint density at radius 1 is 1.05 bits per heavy atom. The topological polar surface area (TPSA) is 89.8 Å². The van der Waals surface area contributed by atoms with E-state index in [1.807, 2.05) is 0 Å². The average Bonchev–Trinajstić information content (AvgIpc) is 3.02. The molecule has 0 bridgehead atoms. The van der Waals surface area contributed by atoms with Crippen molar-refractivity contribution in [3.63, 3.8) is 0 Å². The van der Waals surface area contributed by atoms with Crippen molar-refractivity contribution in [2.75, 3.05) is 4.72 Å². The lowest BCUT2D eigenvalue weighted by atomic mass is 10.4. The summed E-state index contributed by atoms with van der Waals surface area (Å²) in [7, 11) is -3.68. The highest BCUT2D eigenvalue weighted by Gasteiger charge is 2.16. The van der Waals surface area contributed by atoms with Gasteiger partial charge in [-0.2, -0.15) is 5.10 Å². The number of hydrogen-bond acceptors (Lipinski definition) is 5. The predicted molar refractivity (Wildman–Crippen MR) is 76.4 cm³/mol. The summed E-state index contributed by atoms with van der Waals surface area (Å²) in [6, 6.07) is 11.4. The van der Waals surface area contributed by atoms with E-state index in [2.05, 4.69) is 19.8 Å². The smallest absolute Gasteiger partial charge is 0.262 e. The highest BCUT2D eigenvalue weighted by molar-refractivity contribution is 7.92. The van der Waals surface area contributed by atoms with Gasteiger partial charge < -0.3 is 0 Å². The second-order valence-electron chi connectivity index (χ2n) is 4.13. The van der Waals surface area contributed by atoms with Crippen LogP contribution in [0.1, 0.15) is 0 Å². The quantitative estimate of drug-likeness (QED) is 0.788. The summed E-state index contributed by atoms with van der Waals surface area (Å²) in [5.41, 5.74) is 0.326. The van der Waals surface area contributed by atoms with Gasteiger partial charge in [0, 0.05) is 6.20 Å². The van der Waals surface area contributed by atoms with Crippen LogP contribution in [0.3, 0.4) is 0 Å². The zero-order valence-electron chi connectivity index (χ0n) is 10.8. The molecule has 1 N–H and O–H groups in total. The highest BCUT2D eigenvalue weighted by Crippen LogP contribution is 2.20. The molecule has 21 heavy (non-hydrogen) atoms. The minimum Gasteiger partial charge on any atom is -0.276 e. The van der Waals surface area contributed by atoms with Gasteiger partial charge in [-0.25, -0.2) is 23.1 Å². The molecule has 0 atom stereocenters. The largest absolute Gasteiger partial charge is 0.276 e. The number of hydrogen-bond donors (Lipinski definition) is 1.